The fraction of sp³-hybridized carbons (Fsp3) is 0.333. The molecule has 0 aliphatic rings. The van der Waals surface area contributed by atoms with Gasteiger partial charge >= 0.3 is 6.61 Å². The molecule has 0 N–H and O–H groups in total. The standard InChI is InChI=1S/C12H13ClF2O2/c1-8(7-13)5-9-3-4-10(16-2)11(6-9)17-12(14)15/h3-6,12H,7H2,1-2H3. The highest BCUT2D eigenvalue weighted by atomic mass is 35.5. The number of ether oxygens (including phenoxy) is 2. The van der Waals surface area contributed by atoms with Gasteiger partial charge in [0.05, 0.1) is 7.11 Å². The molecule has 0 radical (unpaired) electrons. The zero-order valence-electron chi connectivity index (χ0n) is 9.54. The van der Waals surface area contributed by atoms with Gasteiger partial charge in [0, 0.05) is 5.88 Å². The summed E-state index contributed by atoms with van der Waals surface area (Å²) in [5, 5.41) is 0. The van der Waals surface area contributed by atoms with Crippen LogP contribution in [-0.4, -0.2) is 19.6 Å². The number of hydrogen-bond acceptors (Lipinski definition) is 2. The molecule has 0 saturated carbocycles. The molecule has 0 fully saturated rings. The first-order chi connectivity index (χ1) is 8.06. The van der Waals surface area contributed by atoms with E-state index in [2.05, 4.69) is 4.74 Å². The summed E-state index contributed by atoms with van der Waals surface area (Å²) in [6.45, 7) is -1.03. The first-order valence-corrected chi connectivity index (χ1v) is 5.46. The summed E-state index contributed by atoms with van der Waals surface area (Å²) < 4.78 is 33.7. The molecule has 0 bridgehead atoms. The maximum atomic E-state index is 12.2. The Morgan fingerprint density at radius 3 is 2.65 bits per heavy atom. The molecule has 1 aromatic rings. The van der Waals surface area contributed by atoms with Gasteiger partial charge in [-0.05, 0) is 24.6 Å². The van der Waals surface area contributed by atoms with E-state index in [9.17, 15) is 8.78 Å². The quantitative estimate of drug-likeness (QED) is 0.749. The molecule has 0 unspecified atom stereocenters. The van der Waals surface area contributed by atoms with Gasteiger partial charge in [-0.2, -0.15) is 8.78 Å². The van der Waals surface area contributed by atoms with Crippen molar-refractivity contribution in [2.45, 2.75) is 13.5 Å². The Morgan fingerprint density at radius 2 is 2.12 bits per heavy atom. The van der Waals surface area contributed by atoms with Crippen LogP contribution in [-0.2, 0) is 0 Å². The van der Waals surface area contributed by atoms with Crippen molar-refractivity contribution in [2.24, 2.45) is 0 Å². The minimum atomic E-state index is -2.88. The normalized spacial score (nSPS) is 11.8. The van der Waals surface area contributed by atoms with Gasteiger partial charge in [0.1, 0.15) is 0 Å². The van der Waals surface area contributed by atoms with Crippen molar-refractivity contribution in [1.29, 1.82) is 0 Å². The van der Waals surface area contributed by atoms with Crippen LogP contribution in [0.1, 0.15) is 12.5 Å². The van der Waals surface area contributed by atoms with Crippen molar-refractivity contribution in [2.75, 3.05) is 13.0 Å². The first-order valence-electron chi connectivity index (χ1n) is 4.92. The third-order valence-electron chi connectivity index (χ3n) is 2.03. The summed E-state index contributed by atoms with van der Waals surface area (Å²) in [6.07, 6.45) is 1.80. The monoisotopic (exact) mass is 262 g/mol. The maximum Gasteiger partial charge on any atom is 0.387 e. The summed E-state index contributed by atoms with van der Waals surface area (Å²) in [6, 6.07) is 4.80. The number of allylic oxidation sites excluding steroid dienone is 1. The molecule has 0 aromatic heterocycles. The lowest BCUT2D eigenvalue weighted by atomic mass is 10.1. The molecule has 0 spiro atoms. The smallest absolute Gasteiger partial charge is 0.387 e. The fourth-order valence-electron chi connectivity index (χ4n) is 1.29. The molecule has 0 atom stereocenters. The third kappa shape index (κ3) is 4.23. The zero-order chi connectivity index (χ0) is 12.8. The summed E-state index contributed by atoms with van der Waals surface area (Å²) >= 11 is 5.64. The number of methoxy groups -OCH3 is 1. The predicted octanol–water partition coefficient (Wildman–Crippen LogP) is 3.94. The van der Waals surface area contributed by atoms with Crippen LogP contribution in [0.15, 0.2) is 23.8 Å². The van der Waals surface area contributed by atoms with E-state index in [1.807, 2.05) is 6.92 Å². The first kappa shape index (κ1) is 13.8. The lowest BCUT2D eigenvalue weighted by Gasteiger charge is -2.10. The topological polar surface area (TPSA) is 18.5 Å². The Labute approximate surface area is 104 Å². The van der Waals surface area contributed by atoms with Crippen molar-refractivity contribution >= 4 is 17.7 Å². The van der Waals surface area contributed by atoms with E-state index in [0.29, 0.717) is 5.88 Å². The SMILES string of the molecule is COc1ccc(C=C(C)CCl)cc1OC(F)F. The third-order valence-corrected chi connectivity index (χ3v) is 2.45. The highest BCUT2D eigenvalue weighted by Crippen LogP contribution is 2.30. The van der Waals surface area contributed by atoms with Gasteiger partial charge in [-0.25, -0.2) is 0 Å². The van der Waals surface area contributed by atoms with E-state index >= 15 is 0 Å². The van der Waals surface area contributed by atoms with Crippen LogP contribution in [0.2, 0.25) is 0 Å². The Hall–Kier alpha value is -1.29. The average molecular weight is 263 g/mol. The van der Waals surface area contributed by atoms with Gasteiger partial charge < -0.3 is 9.47 Å². The number of benzene rings is 1. The summed E-state index contributed by atoms with van der Waals surface area (Å²) in [4.78, 5) is 0. The zero-order valence-corrected chi connectivity index (χ0v) is 10.3. The Balaban J connectivity index is 3.04. The predicted molar refractivity (Wildman–Crippen MR) is 64.0 cm³/mol. The van der Waals surface area contributed by atoms with Crippen molar-refractivity contribution in [3.63, 3.8) is 0 Å². The van der Waals surface area contributed by atoms with Crippen LogP contribution in [0.5, 0.6) is 11.5 Å². The average Bonchev–Trinajstić information content (AvgIpc) is 2.28. The molecule has 17 heavy (non-hydrogen) atoms. The van der Waals surface area contributed by atoms with Crippen LogP contribution in [0.3, 0.4) is 0 Å². The Bertz CT molecular complexity index is 405. The van der Waals surface area contributed by atoms with Gasteiger partial charge in [-0.3, -0.25) is 0 Å². The fourth-order valence-corrected chi connectivity index (χ4v) is 1.37. The van der Waals surface area contributed by atoms with Crippen molar-refractivity contribution < 1.29 is 18.3 Å². The molecular weight excluding hydrogens is 250 g/mol. The second-order valence-corrected chi connectivity index (χ2v) is 3.68. The Kier molecular flexibility index (Phi) is 5.22. The van der Waals surface area contributed by atoms with Crippen LogP contribution >= 0.6 is 11.6 Å². The summed E-state index contributed by atoms with van der Waals surface area (Å²) in [5.41, 5.74) is 1.67. The second-order valence-electron chi connectivity index (χ2n) is 3.41. The largest absolute Gasteiger partial charge is 0.493 e. The second kappa shape index (κ2) is 6.45. The molecule has 0 aliphatic carbocycles. The number of alkyl halides is 3. The van der Waals surface area contributed by atoms with E-state index in [1.165, 1.54) is 13.2 Å². The van der Waals surface area contributed by atoms with Crippen LogP contribution in [0.25, 0.3) is 6.08 Å². The summed E-state index contributed by atoms with van der Waals surface area (Å²) in [5.74, 6) is 0.668. The van der Waals surface area contributed by atoms with Gasteiger partial charge in [0.25, 0.3) is 0 Å². The minimum absolute atomic E-state index is 0.0126. The van der Waals surface area contributed by atoms with Crippen molar-refractivity contribution in [3.05, 3.63) is 29.3 Å². The van der Waals surface area contributed by atoms with E-state index in [0.717, 1.165) is 11.1 Å². The van der Waals surface area contributed by atoms with Gasteiger partial charge in [-0.1, -0.05) is 17.7 Å². The van der Waals surface area contributed by atoms with Crippen molar-refractivity contribution in [3.8, 4) is 11.5 Å². The molecule has 2 nitrogen and oxygen atoms in total. The molecule has 0 amide bonds. The Morgan fingerprint density at radius 1 is 1.41 bits per heavy atom. The molecule has 94 valence electrons. The lowest BCUT2D eigenvalue weighted by Crippen LogP contribution is -2.03. The van der Waals surface area contributed by atoms with E-state index in [-0.39, 0.29) is 11.5 Å². The van der Waals surface area contributed by atoms with E-state index < -0.39 is 6.61 Å². The van der Waals surface area contributed by atoms with Gasteiger partial charge in [0.2, 0.25) is 0 Å². The molecule has 1 aromatic carbocycles. The highest BCUT2D eigenvalue weighted by Gasteiger charge is 2.10. The molecule has 0 heterocycles. The van der Waals surface area contributed by atoms with E-state index in [1.54, 1.807) is 18.2 Å². The minimum Gasteiger partial charge on any atom is -0.493 e. The highest BCUT2D eigenvalue weighted by molar-refractivity contribution is 6.19. The number of hydrogen-bond donors (Lipinski definition) is 0. The molecule has 5 heteroatoms. The summed E-state index contributed by atoms with van der Waals surface area (Å²) in [7, 11) is 1.40. The molecule has 0 saturated heterocycles. The van der Waals surface area contributed by atoms with Crippen molar-refractivity contribution in [1.82, 2.24) is 0 Å². The molecule has 1 rings (SSSR count). The van der Waals surface area contributed by atoms with Crippen LogP contribution in [0.4, 0.5) is 8.78 Å². The lowest BCUT2D eigenvalue weighted by molar-refractivity contribution is -0.0512. The number of rotatable bonds is 5. The van der Waals surface area contributed by atoms with E-state index in [4.69, 9.17) is 16.3 Å². The number of halogens is 3. The van der Waals surface area contributed by atoms with Crippen LogP contribution in [0, 0.1) is 0 Å². The molecular formula is C12H13ClF2O2. The van der Waals surface area contributed by atoms with Gasteiger partial charge in [0.15, 0.2) is 11.5 Å². The maximum absolute atomic E-state index is 12.2. The molecule has 0 aliphatic heterocycles. The van der Waals surface area contributed by atoms with Crippen LogP contribution < -0.4 is 9.47 Å². The van der Waals surface area contributed by atoms with Gasteiger partial charge in [-0.15, -0.1) is 11.6 Å².